The van der Waals surface area contributed by atoms with Gasteiger partial charge in [-0.2, -0.15) is 0 Å². The van der Waals surface area contributed by atoms with Crippen LogP contribution in [0.3, 0.4) is 0 Å². The number of esters is 2. The smallest absolute Gasteiger partial charge is 0.349 e. The van der Waals surface area contributed by atoms with Crippen LogP contribution in [0.2, 0.25) is 0 Å². The SMILES string of the molecule is C#CCC(CC#C)COC(=O)c1ccc(OC(=O)c2cn(C3CC3)c3cc(N4CC[NH2+]CC4)c(F)cc3c2=O)cc1. The van der Waals surface area contributed by atoms with Crippen LogP contribution < -0.4 is 20.4 Å². The molecule has 1 saturated heterocycles. The summed E-state index contributed by atoms with van der Waals surface area (Å²) in [5, 5.41) is 2.33. The van der Waals surface area contributed by atoms with Gasteiger partial charge in [-0.15, -0.1) is 24.7 Å². The van der Waals surface area contributed by atoms with E-state index in [9.17, 15) is 14.4 Å². The molecule has 1 saturated carbocycles. The van der Waals surface area contributed by atoms with Crippen LogP contribution in [0, 0.1) is 36.4 Å². The highest BCUT2D eigenvalue weighted by molar-refractivity contribution is 5.96. The van der Waals surface area contributed by atoms with E-state index in [4.69, 9.17) is 22.3 Å². The highest BCUT2D eigenvalue weighted by Crippen LogP contribution is 2.38. The van der Waals surface area contributed by atoms with E-state index in [2.05, 4.69) is 17.2 Å². The van der Waals surface area contributed by atoms with Crippen LogP contribution in [0.25, 0.3) is 10.9 Å². The number of pyridine rings is 1. The zero-order valence-electron chi connectivity index (χ0n) is 22.6. The Morgan fingerprint density at radius 3 is 2.37 bits per heavy atom. The normalized spacial score (nSPS) is 14.9. The third-order valence-corrected chi connectivity index (χ3v) is 7.37. The Bertz CT molecular complexity index is 1590. The number of hydrogen-bond acceptors (Lipinski definition) is 6. The lowest BCUT2D eigenvalue weighted by molar-refractivity contribution is -0.655. The van der Waals surface area contributed by atoms with E-state index in [0.29, 0.717) is 24.0 Å². The number of carbonyl (C=O) groups excluding carboxylic acids is 2. The van der Waals surface area contributed by atoms with Crippen LogP contribution in [0.5, 0.6) is 5.75 Å². The molecule has 1 aliphatic heterocycles. The Morgan fingerprint density at radius 1 is 1.05 bits per heavy atom. The third-order valence-electron chi connectivity index (χ3n) is 7.37. The fourth-order valence-corrected chi connectivity index (χ4v) is 5.01. The van der Waals surface area contributed by atoms with Crippen molar-refractivity contribution in [2.24, 2.45) is 5.92 Å². The average molecular weight is 557 g/mol. The van der Waals surface area contributed by atoms with Crippen molar-refractivity contribution >= 4 is 28.5 Å². The molecule has 0 amide bonds. The molecule has 8 nitrogen and oxygen atoms in total. The molecule has 9 heteroatoms. The summed E-state index contributed by atoms with van der Waals surface area (Å²) in [7, 11) is 0. The topological polar surface area (TPSA) is 94.4 Å². The zero-order chi connectivity index (χ0) is 28.9. The maximum absolute atomic E-state index is 15.2. The lowest BCUT2D eigenvalue weighted by Gasteiger charge is -2.28. The first-order valence-electron chi connectivity index (χ1n) is 13.7. The van der Waals surface area contributed by atoms with Crippen molar-refractivity contribution in [1.82, 2.24) is 4.57 Å². The number of rotatable bonds is 9. The number of benzene rings is 2. The standard InChI is InChI=1S/C32H30FN3O5/c1-3-5-21(6-4-2)20-40-31(38)22-7-11-24(12-8-22)41-32(39)26-19-36(23-9-10-23)28-18-29(35-15-13-34-14-16-35)27(33)17-25(28)30(26)37/h1-2,7-8,11-12,17-19,21,23,34H,5-6,9-10,13-16,20H2/p+1. The van der Waals surface area contributed by atoms with E-state index in [1.807, 2.05) is 9.47 Å². The monoisotopic (exact) mass is 556 g/mol. The molecule has 41 heavy (non-hydrogen) atoms. The maximum atomic E-state index is 15.2. The van der Waals surface area contributed by atoms with Crippen molar-refractivity contribution < 1.29 is 28.8 Å². The van der Waals surface area contributed by atoms with Crippen LogP contribution in [0.1, 0.15) is 52.4 Å². The number of hydrogen-bond donors (Lipinski definition) is 1. The number of halogens is 1. The minimum absolute atomic E-state index is 0.0952. The van der Waals surface area contributed by atoms with E-state index in [0.717, 1.165) is 39.0 Å². The second-order valence-corrected chi connectivity index (χ2v) is 10.4. The van der Waals surface area contributed by atoms with Crippen molar-refractivity contribution in [2.75, 3.05) is 37.7 Å². The highest BCUT2D eigenvalue weighted by atomic mass is 19.1. The number of anilines is 1. The molecule has 2 aromatic carbocycles. The van der Waals surface area contributed by atoms with E-state index < -0.39 is 23.2 Å². The van der Waals surface area contributed by atoms with Crippen LogP contribution in [0.4, 0.5) is 10.1 Å². The molecule has 3 aromatic rings. The van der Waals surface area contributed by atoms with Gasteiger partial charge in [-0.25, -0.2) is 14.0 Å². The Labute approximate surface area is 237 Å². The van der Waals surface area contributed by atoms with Crippen molar-refractivity contribution in [1.29, 1.82) is 0 Å². The third kappa shape index (κ3) is 6.26. The summed E-state index contributed by atoms with van der Waals surface area (Å²) in [6, 6.07) is 8.89. The molecule has 1 aromatic heterocycles. The number of nitrogens with zero attached hydrogens (tertiary/aromatic N) is 2. The molecular weight excluding hydrogens is 525 g/mol. The summed E-state index contributed by atoms with van der Waals surface area (Å²) in [6.07, 6.45) is 14.8. The predicted molar refractivity (Wildman–Crippen MR) is 152 cm³/mol. The van der Waals surface area contributed by atoms with Crippen LogP contribution >= 0.6 is 0 Å². The largest absolute Gasteiger partial charge is 0.462 e. The Morgan fingerprint density at radius 2 is 1.73 bits per heavy atom. The second-order valence-electron chi connectivity index (χ2n) is 10.4. The minimum Gasteiger partial charge on any atom is -0.462 e. The predicted octanol–water partition coefficient (Wildman–Crippen LogP) is 2.90. The number of carbonyl (C=O) groups is 2. The molecule has 2 N–H and O–H groups in total. The van der Waals surface area contributed by atoms with Gasteiger partial charge in [-0.1, -0.05) is 0 Å². The van der Waals surface area contributed by atoms with Gasteiger partial charge < -0.3 is 24.3 Å². The van der Waals surface area contributed by atoms with E-state index >= 15 is 4.39 Å². The van der Waals surface area contributed by atoms with Crippen LogP contribution in [-0.2, 0) is 4.74 Å². The van der Waals surface area contributed by atoms with Crippen molar-refractivity contribution in [3.63, 3.8) is 0 Å². The number of aromatic nitrogens is 1. The van der Waals surface area contributed by atoms with Gasteiger partial charge in [-0.05, 0) is 49.2 Å². The van der Waals surface area contributed by atoms with Crippen molar-refractivity contribution in [2.45, 2.75) is 31.7 Å². The molecule has 2 aliphatic rings. The van der Waals surface area contributed by atoms with Crippen molar-refractivity contribution in [3.8, 4) is 30.4 Å². The second kappa shape index (κ2) is 12.3. The molecule has 210 valence electrons. The summed E-state index contributed by atoms with van der Waals surface area (Å²) in [5.41, 5.74) is 0.559. The van der Waals surface area contributed by atoms with Gasteiger partial charge in [0.05, 0.1) is 49.6 Å². The first-order valence-corrected chi connectivity index (χ1v) is 13.7. The van der Waals surface area contributed by atoms with Crippen molar-refractivity contribution in [3.05, 3.63) is 69.8 Å². The average Bonchev–Trinajstić information content (AvgIpc) is 3.82. The summed E-state index contributed by atoms with van der Waals surface area (Å²) in [5.74, 6) is 3.15. The van der Waals surface area contributed by atoms with Gasteiger partial charge in [0.15, 0.2) is 0 Å². The van der Waals surface area contributed by atoms with E-state index in [1.54, 1.807) is 6.07 Å². The molecule has 0 bridgehead atoms. The molecule has 2 fully saturated rings. The van der Waals surface area contributed by atoms with Gasteiger partial charge >= 0.3 is 11.9 Å². The van der Waals surface area contributed by atoms with Crippen LogP contribution in [0.15, 0.2) is 47.4 Å². The molecule has 0 spiro atoms. The first kappa shape index (κ1) is 27.9. The first-order chi connectivity index (χ1) is 19.9. The number of nitrogens with two attached hydrogens (primary N) is 1. The van der Waals surface area contributed by atoms with E-state index in [1.165, 1.54) is 36.5 Å². The quantitative estimate of drug-likeness (QED) is 0.248. The molecule has 2 heterocycles. The Kier molecular flexibility index (Phi) is 8.37. The van der Waals surface area contributed by atoms with Gasteiger partial charge in [0.25, 0.3) is 0 Å². The number of piperazine rings is 1. The number of ether oxygens (including phenoxy) is 2. The molecular formula is C32H31FN3O5+. The fraction of sp³-hybridized carbons (Fsp3) is 0.344. The number of fused-ring (bicyclic) bond motifs is 1. The molecule has 1 aliphatic carbocycles. The van der Waals surface area contributed by atoms with Crippen LogP contribution in [-0.4, -0.2) is 49.3 Å². The lowest BCUT2D eigenvalue weighted by Crippen LogP contribution is -2.89. The van der Waals surface area contributed by atoms with Gasteiger partial charge in [-0.3, -0.25) is 4.79 Å². The van der Waals surface area contributed by atoms with Gasteiger partial charge in [0.1, 0.15) is 17.1 Å². The highest BCUT2D eigenvalue weighted by Gasteiger charge is 2.29. The fourth-order valence-electron chi connectivity index (χ4n) is 5.01. The molecule has 5 rings (SSSR count). The van der Waals surface area contributed by atoms with Gasteiger partial charge in [0, 0.05) is 36.4 Å². The summed E-state index contributed by atoms with van der Waals surface area (Å²) < 4.78 is 27.9. The molecule has 0 radical (unpaired) electrons. The Balaban J connectivity index is 1.34. The maximum Gasteiger partial charge on any atom is 0.349 e. The Hall–Kier alpha value is -4.60. The number of terminal acetylenes is 2. The lowest BCUT2D eigenvalue weighted by atomic mass is 10.0. The number of quaternary nitrogens is 1. The van der Waals surface area contributed by atoms with Gasteiger partial charge in [0.2, 0.25) is 5.43 Å². The zero-order valence-corrected chi connectivity index (χ0v) is 22.6. The molecule has 0 atom stereocenters. The molecule has 0 unspecified atom stereocenters. The van der Waals surface area contributed by atoms with E-state index in [-0.39, 0.29) is 40.8 Å². The summed E-state index contributed by atoms with van der Waals surface area (Å²) in [4.78, 5) is 40.9. The summed E-state index contributed by atoms with van der Waals surface area (Å²) in [6.45, 7) is 3.28. The minimum atomic E-state index is -0.857. The summed E-state index contributed by atoms with van der Waals surface area (Å²) >= 11 is 0.